The number of carbonyl (C=O) groups is 1. The predicted molar refractivity (Wildman–Crippen MR) is 69.0 cm³/mol. The topological polar surface area (TPSA) is 80.2 Å². The molecule has 1 heterocycles. The smallest absolute Gasteiger partial charge is 0.267 e. The summed E-state index contributed by atoms with van der Waals surface area (Å²) in [5.41, 5.74) is 0.252. The molecule has 0 saturated carbocycles. The van der Waals surface area contributed by atoms with Crippen molar-refractivity contribution >= 4 is 27.5 Å². The van der Waals surface area contributed by atoms with Gasteiger partial charge >= 0.3 is 0 Å². The van der Waals surface area contributed by atoms with Crippen LogP contribution in [0.25, 0.3) is 0 Å². The molecule has 0 aromatic carbocycles. The Balaban J connectivity index is 3.04. The number of hydrogen-bond donors (Lipinski definition) is 2. The van der Waals surface area contributed by atoms with Crippen molar-refractivity contribution in [3.8, 4) is 0 Å². The van der Waals surface area contributed by atoms with Gasteiger partial charge < -0.3 is 9.88 Å². The van der Waals surface area contributed by atoms with Crippen molar-refractivity contribution < 1.29 is 13.2 Å². The predicted octanol–water partition coefficient (Wildman–Crippen LogP) is 0.415. The van der Waals surface area contributed by atoms with Crippen LogP contribution in [0.4, 0.5) is 0 Å². The van der Waals surface area contributed by atoms with Crippen LogP contribution in [0, 0.1) is 0 Å². The summed E-state index contributed by atoms with van der Waals surface area (Å²) < 4.78 is 27.4. The van der Waals surface area contributed by atoms with Crippen LogP contribution in [-0.4, -0.2) is 32.5 Å². The van der Waals surface area contributed by atoms with Crippen molar-refractivity contribution in [1.82, 2.24) is 14.6 Å². The molecular formula is C10H14ClN3O3S. The zero-order valence-electron chi connectivity index (χ0n) is 10.0. The second-order valence-electron chi connectivity index (χ2n) is 3.59. The average molecular weight is 292 g/mol. The van der Waals surface area contributed by atoms with Crippen LogP contribution in [0.3, 0.4) is 0 Å². The van der Waals surface area contributed by atoms with Crippen LogP contribution in [0.15, 0.2) is 28.8 Å². The lowest BCUT2D eigenvalue weighted by Crippen LogP contribution is -2.24. The quantitative estimate of drug-likeness (QED) is 0.825. The van der Waals surface area contributed by atoms with Gasteiger partial charge in [-0.3, -0.25) is 4.79 Å². The number of hydrogen-bond acceptors (Lipinski definition) is 3. The summed E-state index contributed by atoms with van der Waals surface area (Å²) in [6.07, 6.45) is 1.35. The van der Waals surface area contributed by atoms with Gasteiger partial charge in [-0.25, -0.2) is 13.1 Å². The van der Waals surface area contributed by atoms with Crippen LogP contribution in [0.5, 0.6) is 0 Å². The van der Waals surface area contributed by atoms with Gasteiger partial charge in [0.2, 0.25) is 10.0 Å². The molecule has 1 amide bonds. The van der Waals surface area contributed by atoms with E-state index in [1.165, 1.54) is 23.9 Å². The first-order valence-electron chi connectivity index (χ1n) is 4.99. The fourth-order valence-corrected chi connectivity index (χ4v) is 2.53. The number of sulfonamides is 1. The molecule has 1 rings (SSSR count). The summed E-state index contributed by atoms with van der Waals surface area (Å²) in [6, 6.07) is 1.29. The van der Waals surface area contributed by atoms with Crippen molar-refractivity contribution in [3.05, 3.63) is 29.6 Å². The molecule has 0 radical (unpaired) electrons. The van der Waals surface area contributed by atoms with E-state index in [1.807, 2.05) is 0 Å². The van der Waals surface area contributed by atoms with Crippen molar-refractivity contribution in [2.75, 3.05) is 13.6 Å². The van der Waals surface area contributed by atoms with Crippen molar-refractivity contribution in [2.24, 2.45) is 7.05 Å². The summed E-state index contributed by atoms with van der Waals surface area (Å²) in [5, 5.41) is 2.61. The molecular weight excluding hydrogens is 278 g/mol. The highest BCUT2D eigenvalue weighted by molar-refractivity contribution is 7.89. The zero-order valence-corrected chi connectivity index (χ0v) is 11.6. The molecule has 0 aliphatic heterocycles. The van der Waals surface area contributed by atoms with Gasteiger partial charge in [0, 0.05) is 31.9 Å². The van der Waals surface area contributed by atoms with Crippen molar-refractivity contribution in [3.63, 3.8) is 0 Å². The average Bonchev–Trinajstić information content (AvgIpc) is 2.68. The van der Waals surface area contributed by atoms with Crippen LogP contribution >= 0.6 is 11.6 Å². The normalized spacial score (nSPS) is 11.3. The molecule has 1 aromatic heterocycles. The highest BCUT2D eigenvalue weighted by Crippen LogP contribution is 2.13. The fraction of sp³-hybridized carbons (Fsp3) is 0.300. The highest BCUT2D eigenvalue weighted by atomic mass is 35.5. The van der Waals surface area contributed by atoms with Gasteiger partial charge in [0.05, 0.1) is 0 Å². The third kappa shape index (κ3) is 3.34. The Morgan fingerprint density at radius 1 is 1.56 bits per heavy atom. The van der Waals surface area contributed by atoms with E-state index in [1.54, 1.807) is 7.05 Å². The van der Waals surface area contributed by atoms with Gasteiger partial charge in [0.25, 0.3) is 5.91 Å². The number of nitrogens with zero attached hydrogens (tertiary/aromatic N) is 1. The number of rotatable bonds is 5. The summed E-state index contributed by atoms with van der Waals surface area (Å²) >= 11 is 5.49. The molecule has 6 nitrogen and oxygen atoms in total. The molecule has 0 aliphatic rings. The lowest BCUT2D eigenvalue weighted by atomic mass is 10.4. The van der Waals surface area contributed by atoms with E-state index in [-0.39, 0.29) is 28.1 Å². The largest absolute Gasteiger partial charge is 0.354 e. The van der Waals surface area contributed by atoms with Gasteiger partial charge in [0.15, 0.2) is 0 Å². The Kier molecular flexibility index (Phi) is 4.55. The monoisotopic (exact) mass is 291 g/mol. The van der Waals surface area contributed by atoms with E-state index in [4.69, 9.17) is 11.6 Å². The molecule has 0 saturated heterocycles. The van der Waals surface area contributed by atoms with Gasteiger partial charge in [-0.1, -0.05) is 18.2 Å². The molecule has 0 spiro atoms. The van der Waals surface area contributed by atoms with E-state index >= 15 is 0 Å². The minimum absolute atomic E-state index is 0.00140. The third-order valence-electron chi connectivity index (χ3n) is 2.20. The molecule has 0 bridgehead atoms. The maximum Gasteiger partial charge on any atom is 0.267 e. The van der Waals surface area contributed by atoms with E-state index in [0.717, 1.165) is 0 Å². The summed E-state index contributed by atoms with van der Waals surface area (Å²) in [5.74, 6) is -0.360. The number of carbonyl (C=O) groups excluding carboxylic acids is 1. The summed E-state index contributed by atoms with van der Waals surface area (Å²) in [4.78, 5) is 11.5. The Hall–Kier alpha value is -1.31. The number of nitrogens with one attached hydrogen (secondary N) is 2. The molecule has 0 fully saturated rings. The Labute approximate surface area is 111 Å². The number of aromatic nitrogens is 1. The van der Waals surface area contributed by atoms with Gasteiger partial charge in [-0.05, 0) is 6.07 Å². The van der Waals surface area contributed by atoms with Crippen LogP contribution in [0.1, 0.15) is 10.5 Å². The SMILES string of the molecule is C=C(Cl)CNS(=O)(=O)c1cc(C(=O)NC)n(C)c1. The lowest BCUT2D eigenvalue weighted by Gasteiger charge is -2.02. The third-order valence-corrected chi connectivity index (χ3v) is 3.71. The van der Waals surface area contributed by atoms with Crippen molar-refractivity contribution in [2.45, 2.75) is 4.90 Å². The molecule has 0 aliphatic carbocycles. The molecule has 100 valence electrons. The molecule has 0 unspecified atom stereocenters. The minimum atomic E-state index is -3.69. The van der Waals surface area contributed by atoms with Gasteiger partial charge in [0.1, 0.15) is 10.6 Å². The number of halogens is 1. The maximum atomic E-state index is 11.9. The molecule has 0 atom stereocenters. The number of amides is 1. The summed E-state index contributed by atoms with van der Waals surface area (Å²) in [6.45, 7) is 3.32. The molecule has 2 N–H and O–H groups in total. The van der Waals surface area contributed by atoms with Crippen molar-refractivity contribution in [1.29, 1.82) is 0 Å². The Morgan fingerprint density at radius 3 is 2.67 bits per heavy atom. The maximum absolute atomic E-state index is 11.9. The molecule has 8 heteroatoms. The Morgan fingerprint density at radius 2 is 2.17 bits per heavy atom. The van der Waals surface area contributed by atoms with E-state index in [9.17, 15) is 13.2 Å². The second-order valence-corrected chi connectivity index (χ2v) is 5.89. The molecule has 18 heavy (non-hydrogen) atoms. The number of aryl methyl sites for hydroxylation is 1. The van der Waals surface area contributed by atoms with Crippen LogP contribution in [-0.2, 0) is 17.1 Å². The summed E-state index contributed by atoms with van der Waals surface area (Å²) in [7, 11) is -0.636. The van der Waals surface area contributed by atoms with Gasteiger partial charge in [-0.2, -0.15) is 0 Å². The fourth-order valence-electron chi connectivity index (χ4n) is 1.29. The minimum Gasteiger partial charge on any atom is -0.354 e. The van der Waals surface area contributed by atoms with E-state index < -0.39 is 10.0 Å². The van der Waals surface area contributed by atoms with E-state index in [0.29, 0.717) is 0 Å². The first-order valence-corrected chi connectivity index (χ1v) is 6.85. The van der Waals surface area contributed by atoms with Gasteiger partial charge in [-0.15, -0.1) is 0 Å². The van der Waals surface area contributed by atoms with E-state index in [2.05, 4.69) is 16.6 Å². The highest BCUT2D eigenvalue weighted by Gasteiger charge is 2.19. The lowest BCUT2D eigenvalue weighted by molar-refractivity contribution is 0.0955. The zero-order chi connectivity index (χ0) is 13.9. The van der Waals surface area contributed by atoms with Crippen LogP contribution in [0.2, 0.25) is 0 Å². The Bertz CT molecular complexity index is 577. The standard InChI is InChI=1S/C10H14ClN3O3S/c1-7(11)5-13-18(16,17)8-4-9(10(15)12-2)14(3)6-8/h4,6,13H,1,5H2,2-3H3,(H,12,15). The first kappa shape index (κ1) is 14.7. The second kappa shape index (κ2) is 5.55. The first-order chi connectivity index (χ1) is 8.27. The van der Waals surface area contributed by atoms with Crippen LogP contribution < -0.4 is 10.0 Å². The molecule has 1 aromatic rings.